The predicted molar refractivity (Wildman–Crippen MR) is 104 cm³/mol. The first kappa shape index (κ1) is 17.8. The highest BCUT2D eigenvalue weighted by Gasteiger charge is 2.18. The number of nitrogens with one attached hydrogen (secondary N) is 1. The van der Waals surface area contributed by atoms with Gasteiger partial charge in [-0.25, -0.2) is 0 Å². The summed E-state index contributed by atoms with van der Waals surface area (Å²) in [5.41, 5.74) is 0.374. The Bertz CT molecular complexity index is 1080. The SMILES string of the molecule is N#C/C(C(=O)Nc1ccc(Cl)c(Cl)c1)=C(/O)c1cccc2ccccc12. The minimum absolute atomic E-state index is 0.269. The molecule has 6 heteroatoms. The zero-order chi connectivity index (χ0) is 18.7. The van der Waals surface area contributed by atoms with Gasteiger partial charge in [0.2, 0.25) is 0 Å². The normalized spacial score (nSPS) is 11.6. The van der Waals surface area contributed by atoms with Crippen LogP contribution in [0.1, 0.15) is 5.56 Å². The van der Waals surface area contributed by atoms with Crippen LogP contribution in [-0.4, -0.2) is 11.0 Å². The topological polar surface area (TPSA) is 73.1 Å². The third-order valence-corrected chi connectivity index (χ3v) is 4.54. The Balaban J connectivity index is 2.01. The van der Waals surface area contributed by atoms with Gasteiger partial charge in [-0.15, -0.1) is 0 Å². The van der Waals surface area contributed by atoms with Crippen molar-refractivity contribution in [1.82, 2.24) is 0 Å². The van der Waals surface area contributed by atoms with Crippen LogP contribution >= 0.6 is 23.2 Å². The van der Waals surface area contributed by atoms with Gasteiger partial charge in [-0.05, 0) is 29.0 Å². The number of aliphatic hydroxyl groups excluding tert-OH is 1. The van der Waals surface area contributed by atoms with Gasteiger partial charge in [0.05, 0.1) is 10.0 Å². The number of hydrogen-bond acceptors (Lipinski definition) is 3. The minimum atomic E-state index is -0.740. The highest BCUT2D eigenvalue weighted by Crippen LogP contribution is 2.27. The van der Waals surface area contributed by atoms with Crippen molar-refractivity contribution in [3.63, 3.8) is 0 Å². The fourth-order valence-electron chi connectivity index (χ4n) is 2.55. The molecule has 4 nitrogen and oxygen atoms in total. The van der Waals surface area contributed by atoms with Gasteiger partial charge in [-0.2, -0.15) is 5.26 Å². The molecule has 0 aliphatic heterocycles. The zero-order valence-electron chi connectivity index (χ0n) is 13.3. The second-order valence-corrected chi connectivity index (χ2v) is 6.26. The molecule has 3 aromatic rings. The maximum atomic E-state index is 12.5. The summed E-state index contributed by atoms with van der Waals surface area (Å²) in [7, 11) is 0. The molecule has 0 unspecified atom stereocenters. The van der Waals surface area contributed by atoms with Gasteiger partial charge in [-0.3, -0.25) is 4.79 Å². The molecular weight excluding hydrogens is 371 g/mol. The molecule has 0 aliphatic rings. The Morgan fingerprint density at radius 3 is 2.46 bits per heavy atom. The predicted octanol–water partition coefficient (Wildman–Crippen LogP) is 5.58. The van der Waals surface area contributed by atoms with Gasteiger partial charge in [-0.1, -0.05) is 65.7 Å². The van der Waals surface area contributed by atoms with Crippen LogP contribution in [0.5, 0.6) is 0 Å². The smallest absolute Gasteiger partial charge is 0.270 e. The van der Waals surface area contributed by atoms with Gasteiger partial charge in [0, 0.05) is 11.3 Å². The van der Waals surface area contributed by atoms with Crippen molar-refractivity contribution in [1.29, 1.82) is 5.26 Å². The summed E-state index contributed by atoms with van der Waals surface area (Å²) in [6.07, 6.45) is 0. The van der Waals surface area contributed by atoms with Gasteiger partial charge < -0.3 is 10.4 Å². The standard InChI is InChI=1S/C20H12Cl2N2O2/c21-17-9-8-13(10-18(17)22)24-20(26)16(11-23)19(25)15-7-3-5-12-4-1-2-6-14(12)15/h1-10,25H,(H,24,26)/b19-16-. The van der Waals surface area contributed by atoms with Gasteiger partial charge in [0.15, 0.2) is 5.57 Å². The van der Waals surface area contributed by atoms with Crippen LogP contribution in [0.25, 0.3) is 16.5 Å². The molecule has 1 amide bonds. The third-order valence-electron chi connectivity index (χ3n) is 3.80. The number of halogens is 2. The van der Waals surface area contributed by atoms with Crippen molar-refractivity contribution in [2.75, 3.05) is 5.32 Å². The number of nitriles is 1. The van der Waals surface area contributed by atoms with E-state index in [0.717, 1.165) is 10.8 Å². The molecule has 2 N–H and O–H groups in total. The number of hydrogen-bond donors (Lipinski definition) is 2. The molecule has 0 saturated carbocycles. The number of aliphatic hydroxyl groups is 1. The van der Waals surface area contributed by atoms with Crippen LogP contribution in [-0.2, 0) is 4.79 Å². The molecule has 0 aromatic heterocycles. The number of benzene rings is 3. The highest BCUT2D eigenvalue weighted by atomic mass is 35.5. The summed E-state index contributed by atoms with van der Waals surface area (Å²) < 4.78 is 0. The molecule has 0 spiro atoms. The van der Waals surface area contributed by atoms with E-state index in [1.54, 1.807) is 24.3 Å². The van der Waals surface area contributed by atoms with Crippen LogP contribution in [0.2, 0.25) is 10.0 Å². The molecule has 0 atom stereocenters. The fraction of sp³-hybridized carbons (Fsp3) is 0. The largest absolute Gasteiger partial charge is 0.506 e. The lowest BCUT2D eigenvalue weighted by molar-refractivity contribution is -0.112. The van der Waals surface area contributed by atoms with Gasteiger partial charge >= 0.3 is 0 Å². The first-order valence-corrected chi connectivity index (χ1v) is 8.34. The Labute approximate surface area is 159 Å². The lowest BCUT2D eigenvalue weighted by atomic mass is 10.0. The molecule has 0 fully saturated rings. The van der Waals surface area contributed by atoms with E-state index in [0.29, 0.717) is 16.3 Å². The van der Waals surface area contributed by atoms with E-state index < -0.39 is 11.5 Å². The molecule has 0 saturated heterocycles. The molecule has 128 valence electrons. The van der Waals surface area contributed by atoms with Crippen LogP contribution in [0.4, 0.5) is 5.69 Å². The van der Waals surface area contributed by atoms with E-state index in [1.165, 1.54) is 12.1 Å². The lowest BCUT2D eigenvalue weighted by Crippen LogP contribution is -2.15. The second kappa shape index (κ2) is 7.49. The van der Waals surface area contributed by atoms with Crippen molar-refractivity contribution in [2.24, 2.45) is 0 Å². The lowest BCUT2D eigenvalue weighted by Gasteiger charge is -2.09. The number of anilines is 1. The van der Waals surface area contributed by atoms with E-state index in [1.807, 2.05) is 30.3 Å². The molecular formula is C20H12Cl2N2O2. The summed E-state index contributed by atoms with van der Waals surface area (Å²) in [6, 6.07) is 19.0. The molecule has 0 radical (unpaired) electrons. The van der Waals surface area contributed by atoms with Gasteiger partial charge in [0.1, 0.15) is 11.8 Å². The Kier molecular flexibility index (Phi) is 5.13. The summed E-state index contributed by atoms with van der Waals surface area (Å²) in [5.74, 6) is -1.13. The van der Waals surface area contributed by atoms with E-state index in [2.05, 4.69) is 5.32 Å². The van der Waals surface area contributed by atoms with Crippen molar-refractivity contribution in [3.05, 3.63) is 81.8 Å². The van der Waals surface area contributed by atoms with Crippen molar-refractivity contribution in [2.45, 2.75) is 0 Å². The van der Waals surface area contributed by atoms with E-state index in [9.17, 15) is 15.2 Å². The van der Waals surface area contributed by atoms with Crippen molar-refractivity contribution >= 4 is 51.3 Å². The molecule has 3 rings (SSSR count). The van der Waals surface area contributed by atoms with Crippen LogP contribution in [0.3, 0.4) is 0 Å². The van der Waals surface area contributed by atoms with E-state index in [4.69, 9.17) is 23.2 Å². The molecule has 0 aliphatic carbocycles. The van der Waals surface area contributed by atoms with Crippen LogP contribution in [0.15, 0.2) is 66.2 Å². The van der Waals surface area contributed by atoms with Crippen LogP contribution in [0, 0.1) is 11.3 Å². The summed E-state index contributed by atoms with van der Waals surface area (Å²) >= 11 is 11.8. The number of fused-ring (bicyclic) bond motifs is 1. The first-order valence-electron chi connectivity index (χ1n) is 7.59. The zero-order valence-corrected chi connectivity index (χ0v) is 14.8. The molecule has 0 bridgehead atoms. The number of carbonyl (C=O) groups excluding carboxylic acids is 1. The quantitative estimate of drug-likeness (QED) is 0.352. The van der Waals surface area contributed by atoms with Crippen LogP contribution < -0.4 is 5.32 Å². The van der Waals surface area contributed by atoms with E-state index >= 15 is 0 Å². The minimum Gasteiger partial charge on any atom is -0.506 e. The fourth-order valence-corrected chi connectivity index (χ4v) is 2.84. The average molecular weight is 383 g/mol. The number of amides is 1. The summed E-state index contributed by atoms with van der Waals surface area (Å²) in [6.45, 7) is 0. The maximum absolute atomic E-state index is 12.5. The molecule has 26 heavy (non-hydrogen) atoms. The monoisotopic (exact) mass is 382 g/mol. The second-order valence-electron chi connectivity index (χ2n) is 5.45. The number of nitrogens with zero attached hydrogens (tertiary/aromatic N) is 1. The molecule has 3 aromatic carbocycles. The highest BCUT2D eigenvalue weighted by molar-refractivity contribution is 6.42. The number of carbonyl (C=O) groups is 1. The first-order chi connectivity index (χ1) is 12.5. The van der Waals surface area contributed by atoms with Gasteiger partial charge in [0.25, 0.3) is 5.91 Å². The Morgan fingerprint density at radius 1 is 1.00 bits per heavy atom. The van der Waals surface area contributed by atoms with E-state index in [-0.39, 0.29) is 10.8 Å². The van der Waals surface area contributed by atoms with Crippen molar-refractivity contribution in [3.8, 4) is 6.07 Å². The van der Waals surface area contributed by atoms with Crippen molar-refractivity contribution < 1.29 is 9.90 Å². The third kappa shape index (κ3) is 3.50. The summed E-state index contributed by atoms with van der Waals surface area (Å²) in [5, 5.41) is 24.8. The maximum Gasteiger partial charge on any atom is 0.270 e. The number of rotatable bonds is 3. The summed E-state index contributed by atoms with van der Waals surface area (Å²) in [4.78, 5) is 12.5. The Hall–Kier alpha value is -3.00. The molecule has 0 heterocycles. The Morgan fingerprint density at radius 2 is 1.73 bits per heavy atom. The average Bonchev–Trinajstić information content (AvgIpc) is 2.64.